The maximum Gasteiger partial charge on any atom is 0.260 e. The van der Waals surface area contributed by atoms with E-state index < -0.39 is 0 Å². The fourth-order valence-electron chi connectivity index (χ4n) is 2.82. The molecule has 0 aliphatic heterocycles. The molecule has 0 fully saturated rings. The molecule has 0 atom stereocenters. The van der Waals surface area contributed by atoms with Crippen LogP contribution < -0.4 is 10.6 Å². The fourth-order valence-corrected chi connectivity index (χ4v) is 3.34. The highest BCUT2D eigenvalue weighted by Gasteiger charge is 2.21. The average Bonchev–Trinajstić information content (AvgIpc) is 2.98. The molecule has 156 valence electrons. The number of halogens is 2. The van der Waals surface area contributed by atoms with Crippen LogP contribution in [0.5, 0.6) is 0 Å². The Kier molecular flexibility index (Phi) is 6.80. The van der Waals surface area contributed by atoms with Gasteiger partial charge >= 0.3 is 0 Å². The molecule has 1 aromatic heterocycles. The molecule has 1 heterocycles. The molecular weight excluding hydrogens is 423 g/mol. The molecule has 0 unspecified atom stereocenters. The average molecular weight is 445 g/mol. The highest BCUT2D eigenvalue weighted by atomic mass is 35.5. The predicted octanol–water partition coefficient (Wildman–Crippen LogP) is 5.39. The molecule has 0 aliphatic carbocycles. The van der Waals surface area contributed by atoms with Gasteiger partial charge < -0.3 is 10.6 Å². The van der Waals surface area contributed by atoms with Crippen molar-refractivity contribution in [1.29, 1.82) is 0 Å². The summed E-state index contributed by atoms with van der Waals surface area (Å²) in [4.78, 5) is 24.6. The van der Waals surface area contributed by atoms with E-state index in [1.807, 2.05) is 32.0 Å². The number of rotatable bonds is 6. The molecule has 0 spiro atoms. The summed E-state index contributed by atoms with van der Waals surface area (Å²) >= 11 is 12.7. The third kappa shape index (κ3) is 5.01. The van der Waals surface area contributed by atoms with Crippen molar-refractivity contribution in [2.24, 2.45) is 5.92 Å². The molecule has 0 bridgehead atoms. The van der Waals surface area contributed by atoms with Crippen molar-refractivity contribution in [3.63, 3.8) is 0 Å². The maximum absolute atomic E-state index is 12.8. The smallest absolute Gasteiger partial charge is 0.260 e. The van der Waals surface area contributed by atoms with Crippen LogP contribution in [0.3, 0.4) is 0 Å². The zero-order valence-corrected chi connectivity index (χ0v) is 18.4. The van der Waals surface area contributed by atoms with Crippen LogP contribution in [-0.2, 0) is 11.3 Å². The third-order valence-electron chi connectivity index (χ3n) is 4.51. The van der Waals surface area contributed by atoms with Gasteiger partial charge in [-0.2, -0.15) is 5.10 Å². The van der Waals surface area contributed by atoms with Crippen LogP contribution in [-0.4, -0.2) is 21.6 Å². The van der Waals surface area contributed by atoms with Gasteiger partial charge in [0, 0.05) is 22.3 Å². The minimum absolute atomic E-state index is 0.0693. The van der Waals surface area contributed by atoms with E-state index in [2.05, 4.69) is 15.7 Å². The van der Waals surface area contributed by atoms with Crippen molar-refractivity contribution in [3.8, 4) is 0 Å². The minimum atomic E-state index is -0.359. The van der Waals surface area contributed by atoms with E-state index >= 15 is 0 Å². The van der Waals surface area contributed by atoms with Crippen molar-refractivity contribution >= 4 is 46.4 Å². The van der Waals surface area contributed by atoms with Gasteiger partial charge in [0.1, 0.15) is 5.15 Å². The monoisotopic (exact) mass is 444 g/mol. The van der Waals surface area contributed by atoms with E-state index in [4.69, 9.17) is 23.2 Å². The normalized spacial score (nSPS) is 10.9. The van der Waals surface area contributed by atoms with Crippen molar-refractivity contribution in [3.05, 3.63) is 75.5 Å². The Morgan fingerprint density at radius 3 is 2.20 bits per heavy atom. The van der Waals surface area contributed by atoms with Crippen molar-refractivity contribution in [1.82, 2.24) is 9.78 Å². The number of aryl methyl sites for hydroxylation is 1. The number of nitrogens with zero attached hydrogens (tertiary/aromatic N) is 2. The van der Waals surface area contributed by atoms with Crippen LogP contribution in [0, 0.1) is 12.8 Å². The van der Waals surface area contributed by atoms with Crippen LogP contribution in [0.1, 0.15) is 35.5 Å². The topological polar surface area (TPSA) is 76.0 Å². The SMILES string of the molecule is Cc1nn(Cc2ccccc2Cl)c(Cl)c1C(=O)Nc1ccc(NC(=O)C(C)C)cc1. The van der Waals surface area contributed by atoms with E-state index in [1.165, 1.54) is 0 Å². The van der Waals surface area contributed by atoms with Gasteiger partial charge in [0.25, 0.3) is 5.91 Å². The van der Waals surface area contributed by atoms with Gasteiger partial charge in [-0.25, -0.2) is 4.68 Å². The summed E-state index contributed by atoms with van der Waals surface area (Å²) in [6.07, 6.45) is 0. The summed E-state index contributed by atoms with van der Waals surface area (Å²) in [6.45, 7) is 5.73. The number of nitrogens with one attached hydrogen (secondary N) is 2. The molecule has 30 heavy (non-hydrogen) atoms. The number of aromatic nitrogens is 2. The molecule has 0 saturated carbocycles. The summed E-state index contributed by atoms with van der Waals surface area (Å²) < 4.78 is 1.55. The number of carbonyl (C=O) groups is 2. The summed E-state index contributed by atoms with van der Waals surface area (Å²) in [5, 5.41) is 10.9. The second-order valence-corrected chi connectivity index (χ2v) is 7.94. The van der Waals surface area contributed by atoms with Crippen molar-refractivity contribution in [2.45, 2.75) is 27.3 Å². The first-order valence-corrected chi connectivity index (χ1v) is 10.2. The summed E-state index contributed by atoms with van der Waals surface area (Å²) in [5.41, 5.74) is 2.92. The van der Waals surface area contributed by atoms with Crippen LogP contribution in [0.25, 0.3) is 0 Å². The molecular formula is C22H22Cl2N4O2. The molecule has 8 heteroatoms. The van der Waals surface area contributed by atoms with Gasteiger partial charge in [-0.1, -0.05) is 55.2 Å². The van der Waals surface area contributed by atoms with E-state index in [9.17, 15) is 9.59 Å². The first kappa shape index (κ1) is 21.9. The molecule has 0 aliphatic rings. The zero-order valence-electron chi connectivity index (χ0n) is 16.9. The Hall–Kier alpha value is -2.83. The standard InChI is InChI=1S/C22H22Cl2N4O2/c1-13(2)21(29)25-16-8-10-17(11-9-16)26-22(30)19-14(3)27-28(20(19)24)12-15-6-4-5-7-18(15)23/h4-11,13H,12H2,1-3H3,(H,25,29)(H,26,30). The zero-order chi connectivity index (χ0) is 21.8. The molecule has 3 aromatic rings. The quantitative estimate of drug-likeness (QED) is 0.534. The van der Waals surface area contributed by atoms with Gasteiger partial charge in [0.15, 0.2) is 0 Å². The maximum atomic E-state index is 12.8. The molecule has 0 saturated heterocycles. The number of carbonyl (C=O) groups excluding carboxylic acids is 2. The van der Waals surface area contributed by atoms with Gasteiger partial charge in [0.05, 0.1) is 17.8 Å². The van der Waals surface area contributed by atoms with E-state index in [-0.39, 0.29) is 22.9 Å². The number of anilines is 2. The largest absolute Gasteiger partial charge is 0.326 e. The highest BCUT2D eigenvalue weighted by molar-refractivity contribution is 6.34. The Labute approximate surface area is 185 Å². The molecule has 2 N–H and O–H groups in total. The minimum Gasteiger partial charge on any atom is -0.326 e. The van der Waals surface area contributed by atoms with Crippen LogP contribution in [0.2, 0.25) is 10.2 Å². The lowest BCUT2D eigenvalue weighted by Gasteiger charge is -2.09. The van der Waals surface area contributed by atoms with Crippen LogP contribution >= 0.6 is 23.2 Å². The summed E-state index contributed by atoms with van der Waals surface area (Å²) in [7, 11) is 0. The third-order valence-corrected chi connectivity index (χ3v) is 5.26. The Balaban J connectivity index is 1.73. The summed E-state index contributed by atoms with van der Waals surface area (Å²) in [6, 6.07) is 14.3. The van der Waals surface area contributed by atoms with Gasteiger partial charge in [0.2, 0.25) is 5.91 Å². The lowest BCUT2D eigenvalue weighted by atomic mass is 10.2. The number of amides is 2. The summed E-state index contributed by atoms with van der Waals surface area (Å²) in [5.74, 6) is -0.543. The second kappa shape index (κ2) is 9.32. The lowest BCUT2D eigenvalue weighted by Crippen LogP contribution is -2.17. The van der Waals surface area contributed by atoms with Crippen LogP contribution in [0.15, 0.2) is 48.5 Å². The van der Waals surface area contributed by atoms with Gasteiger partial charge in [-0.3, -0.25) is 9.59 Å². The number of hydrogen-bond acceptors (Lipinski definition) is 3. The molecule has 0 radical (unpaired) electrons. The molecule has 3 rings (SSSR count). The lowest BCUT2D eigenvalue weighted by molar-refractivity contribution is -0.118. The Morgan fingerprint density at radius 1 is 1.00 bits per heavy atom. The van der Waals surface area contributed by atoms with E-state index in [0.717, 1.165) is 5.56 Å². The Bertz CT molecular complexity index is 1080. The predicted molar refractivity (Wildman–Crippen MR) is 120 cm³/mol. The molecule has 2 amide bonds. The second-order valence-electron chi connectivity index (χ2n) is 7.18. The Morgan fingerprint density at radius 2 is 1.60 bits per heavy atom. The van der Waals surface area contributed by atoms with E-state index in [0.29, 0.717) is 34.2 Å². The number of hydrogen-bond donors (Lipinski definition) is 2. The van der Waals surface area contributed by atoms with Gasteiger partial charge in [-0.15, -0.1) is 0 Å². The van der Waals surface area contributed by atoms with Gasteiger partial charge in [-0.05, 0) is 42.8 Å². The number of benzene rings is 2. The first-order valence-electron chi connectivity index (χ1n) is 9.45. The molecule has 2 aromatic carbocycles. The fraction of sp³-hybridized carbons (Fsp3) is 0.227. The van der Waals surface area contributed by atoms with Crippen molar-refractivity contribution in [2.75, 3.05) is 10.6 Å². The van der Waals surface area contributed by atoms with E-state index in [1.54, 1.807) is 41.9 Å². The van der Waals surface area contributed by atoms with Crippen molar-refractivity contribution < 1.29 is 9.59 Å². The first-order chi connectivity index (χ1) is 14.3. The molecule has 6 nitrogen and oxygen atoms in total. The van der Waals surface area contributed by atoms with Crippen LogP contribution in [0.4, 0.5) is 11.4 Å². The highest BCUT2D eigenvalue weighted by Crippen LogP contribution is 2.24.